The van der Waals surface area contributed by atoms with Crippen molar-refractivity contribution in [1.82, 2.24) is 5.32 Å². The number of amides is 2. The first kappa shape index (κ1) is 21.3. The van der Waals surface area contributed by atoms with Gasteiger partial charge in [0.05, 0.1) is 11.4 Å². The fourth-order valence-corrected chi connectivity index (χ4v) is 4.14. The van der Waals surface area contributed by atoms with E-state index in [2.05, 4.69) is 10.6 Å². The highest BCUT2D eigenvalue weighted by Gasteiger charge is 2.19. The molecule has 3 aromatic rings. The Hall–Kier alpha value is -3.39. The number of aryl methyl sites for hydroxylation is 1. The molecule has 0 bridgehead atoms. The highest BCUT2D eigenvalue weighted by Crippen LogP contribution is 2.18. The average molecular weight is 426 g/mol. The molecule has 0 aliphatic carbocycles. The number of sulfone groups is 1. The van der Waals surface area contributed by atoms with Crippen LogP contribution in [0.4, 0.5) is 5.69 Å². The fraction of sp³-hybridized carbons (Fsp3) is 0.182. The summed E-state index contributed by atoms with van der Waals surface area (Å²) in [5, 5.41) is 5.23. The van der Waals surface area contributed by atoms with Gasteiger partial charge < -0.3 is 15.1 Å². The molecule has 0 atom stereocenters. The summed E-state index contributed by atoms with van der Waals surface area (Å²) in [4.78, 5) is 24.5. The number of anilines is 1. The van der Waals surface area contributed by atoms with Crippen LogP contribution in [0.2, 0.25) is 0 Å². The summed E-state index contributed by atoms with van der Waals surface area (Å²) in [5.41, 5.74) is 1.69. The Bertz CT molecular complexity index is 1140. The Morgan fingerprint density at radius 3 is 2.37 bits per heavy atom. The van der Waals surface area contributed by atoms with Crippen LogP contribution in [0.25, 0.3) is 0 Å². The topological polar surface area (TPSA) is 105 Å². The lowest BCUT2D eigenvalue weighted by molar-refractivity contribution is -0.115. The number of benzene rings is 2. The minimum absolute atomic E-state index is 0.0602. The van der Waals surface area contributed by atoms with E-state index in [1.807, 2.05) is 25.1 Å². The zero-order valence-electron chi connectivity index (χ0n) is 16.4. The van der Waals surface area contributed by atoms with Crippen molar-refractivity contribution >= 4 is 27.3 Å². The van der Waals surface area contributed by atoms with Crippen LogP contribution in [0.1, 0.15) is 28.8 Å². The lowest BCUT2D eigenvalue weighted by Gasteiger charge is -2.10. The van der Waals surface area contributed by atoms with E-state index >= 15 is 0 Å². The molecule has 156 valence electrons. The van der Waals surface area contributed by atoms with Gasteiger partial charge in [-0.1, -0.05) is 43.3 Å². The van der Waals surface area contributed by atoms with E-state index < -0.39 is 15.7 Å². The van der Waals surface area contributed by atoms with E-state index in [4.69, 9.17) is 4.42 Å². The van der Waals surface area contributed by atoms with Crippen molar-refractivity contribution < 1.29 is 22.4 Å². The summed E-state index contributed by atoms with van der Waals surface area (Å²) < 4.78 is 30.2. The number of nitrogens with one attached hydrogen (secondary N) is 2. The van der Waals surface area contributed by atoms with Crippen LogP contribution in [-0.2, 0) is 26.8 Å². The third-order valence-electron chi connectivity index (χ3n) is 4.40. The molecular weight excluding hydrogens is 404 g/mol. The van der Waals surface area contributed by atoms with Gasteiger partial charge in [0.2, 0.25) is 5.91 Å². The van der Waals surface area contributed by atoms with Gasteiger partial charge in [-0.05, 0) is 42.3 Å². The minimum atomic E-state index is -3.58. The predicted octanol–water partition coefficient (Wildman–Crippen LogP) is 3.18. The highest BCUT2D eigenvalue weighted by molar-refractivity contribution is 7.90. The molecule has 8 heteroatoms. The zero-order valence-corrected chi connectivity index (χ0v) is 17.2. The Balaban J connectivity index is 1.57. The molecule has 7 nitrogen and oxygen atoms in total. The van der Waals surface area contributed by atoms with Crippen LogP contribution in [0, 0.1) is 0 Å². The molecule has 2 aromatic carbocycles. The molecule has 2 N–H and O–H groups in total. The SMILES string of the molecule is CCc1ccccc1NC(=O)CNC(=O)c1ccc(CS(=O)(=O)c2ccccc2)o1. The van der Waals surface area contributed by atoms with Crippen molar-refractivity contribution in [2.75, 3.05) is 11.9 Å². The Labute approximate surface area is 175 Å². The first-order chi connectivity index (χ1) is 14.4. The predicted molar refractivity (Wildman–Crippen MR) is 113 cm³/mol. The molecular formula is C22H22N2O5S. The average Bonchev–Trinajstić information content (AvgIpc) is 3.21. The summed E-state index contributed by atoms with van der Waals surface area (Å²) in [6.07, 6.45) is 0.768. The summed E-state index contributed by atoms with van der Waals surface area (Å²) in [6.45, 7) is 1.74. The lowest BCUT2D eigenvalue weighted by Crippen LogP contribution is -2.32. The maximum atomic E-state index is 12.4. The third kappa shape index (κ3) is 5.36. The van der Waals surface area contributed by atoms with Crippen molar-refractivity contribution in [3.05, 3.63) is 83.8 Å². The molecule has 0 aliphatic heterocycles. The van der Waals surface area contributed by atoms with E-state index in [0.29, 0.717) is 5.69 Å². The second-order valence-electron chi connectivity index (χ2n) is 6.58. The van der Waals surface area contributed by atoms with Crippen molar-refractivity contribution in [2.45, 2.75) is 24.0 Å². The van der Waals surface area contributed by atoms with Gasteiger partial charge in [-0.3, -0.25) is 9.59 Å². The van der Waals surface area contributed by atoms with E-state index in [0.717, 1.165) is 12.0 Å². The van der Waals surface area contributed by atoms with E-state index in [9.17, 15) is 18.0 Å². The van der Waals surface area contributed by atoms with Crippen LogP contribution < -0.4 is 10.6 Å². The molecule has 0 spiro atoms. The Morgan fingerprint density at radius 1 is 0.933 bits per heavy atom. The van der Waals surface area contributed by atoms with Gasteiger partial charge >= 0.3 is 0 Å². The normalized spacial score (nSPS) is 11.1. The molecule has 0 saturated heterocycles. The minimum Gasteiger partial charge on any atom is -0.455 e. The first-order valence-electron chi connectivity index (χ1n) is 9.41. The van der Waals surface area contributed by atoms with Crippen LogP contribution >= 0.6 is 0 Å². The van der Waals surface area contributed by atoms with Gasteiger partial charge in [-0.25, -0.2) is 8.42 Å². The number of carbonyl (C=O) groups excluding carboxylic acids is 2. The number of para-hydroxylation sites is 1. The standard InChI is InChI=1S/C22H22N2O5S/c1-2-16-8-6-7-11-19(16)24-21(25)14-23-22(26)20-13-12-17(29-20)15-30(27,28)18-9-4-3-5-10-18/h3-13H,2,14-15H2,1H3,(H,23,26)(H,24,25). The zero-order chi connectivity index (χ0) is 21.6. The molecule has 1 heterocycles. The summed E-state index contributed by atoms with van der Waals surface area (Å²) in [5.74, 6) is -1.25. The van der Waals surface area contributed by atoms with Gasteiger partial charge in [-0.15, -0.1) is 0 Å². The van der Waals surface area contributed by atoms with Crippen molar-refractivity contribution in [2.24, 2.45) is 0 Å². The van der Waals surface area contributed by atoms with Crippen LogP contribution in [0.15, 0.2) is 76.0 Å². The van der Waals surface area contributed by atoms with Gasteiger partial charge in [0.15, 0.2) is 15.6 Å². The Kier molecular flexibility index (Phi) is 6.68. The molecule has 30 heavy (non-hydrogen) atoms. The fourth-order valence-electron chi connectivity index (χ4n) is 2.87. The molecule has 0 aliphatic rings. The van der Waals surface area contributed by atoms with Crippen molar-refractivity contribution in [1.29, 1.82) is 0 Å². The molecule has 1 aromatic heterocycles. The molecule has 0 fully saturated rings. The number of carbonyl (C=O) groups is 2. The van der Waals surface area contributed by atoms with Gasteiger partial charge in [0.25, 0.3) is 5.91 Å². The quantitative estimate of drug-likeness (QED) is 0.576. The van der Waals surface area contributed by atoms with Crippen molar-refractivity contribution in [3.8, 4) is 0 Å². The van der Waals surface area contributed by atoms with Gasteiger partial charge in [0.1, 0.15) is 11.5 Å². The highest BCUT2D eigenvalue weighted by atomic mass is 32.2. The smallest absolute Gasteiger partial charge is 0.287 e. The molecule has 0 unspecified atom stereocenters. The lowest BCUT2D eigenvalue weighted by atomic mass is 10.1. The number of rotatable bonds is 8. The summed E-state index contributed by atoms with van der Waals surface area (Å²) in [6, 6.07) is 18.3. The molecule has 2 amide bonds. The number of hydrogen-bond donors (Lipinski definition) is 2. The maximum absolute atomic E-state index is 12.4. The van der Waals surface area contributed by atoms with Crippen LogP contribution in [0.5, 0.6) is 0 Å². The molecule has 0 saturated carbocycles. The number of hydrogen-bond acceptors (Lipinski definition) is 5. The van der Waals surface area contributed by atoms with E-state index in [1.165, 1.54) is 24.3 Å². The molecule has 0 radical (unpaired) electrons. The summed E-state index contributed by atoms with van der Waals surface area (Å²) in [7, 11) is -3.58. The number of furan rings is 1. The van der Waals surface area contributed by atoms with E-state index in [-0.39, 0.29) is 34.6 Å². The van der Waals surface area contributed by atoms with Crippen molar-refractivity contribution in [3.63, 3.8) is 0 Å². The maximum Gasteiger partial charge on any atom is 0.287 e. The largest absolute Gasteiger partial charge is 0.455 e. The second kappa shape index (κ2) is 9.41. The van der Waals surface area contributed by atoms with Crippen LogP contribution in [0.3, 0.4) is 0 Å². The van der Waals surface area contributed by atoms with E-state index in [1.54, 1.807) is 24.3 Å². The summed E-state index contributed by atoms with van der Waals surface area (Å²) >= 11 is 0. The Morgan fingerprint density at radius 2 is 1.63 bits per heavy atom. The monoisotopic (exact) mass is 426 g/mol. The second-order valence-corrected chi connectivity index (χ2v) is 8.57. The van der Waals surface area contributed by atoms with Crippen LogP contribution in [-0.4, -0.2) is 26.8 Å². The first-order valence-corrected chi connectivity index (χ1v) is 11.1. The molecule has 3 rings (SSSR count). The van der Waals surface area contributed by atoms with Gasteiger partial charge in [-0.2, -0.15) is 0 Å². The third-order valence-corrected chi connectivity index (χ3v) is 6.06. The van der Waals surface area contributed by atoms with Gasteiger partial charge in [0, 0.05) is 5.69 Å².